The van der Waals surface area contributed by atoms with Crippen molar-refractivity contribution in [3.63, 3.8) is 0 Å². The molecule has 0 aliphatic carbocycles. The quantitative estimate of drug-likeness (QED) is 0.306. The van der Waals surface area contributed by atoms with E-state index in [1.165, 1.54) is 7.11 Å². The molecule has 0 saturated carbocycles. The number of quaternary nitrogens is 1. The Labute approximate surface area is 144 Å². The van der Waals surface area contributed by atoms with Gasteiger partial charge in [0.25, 0.3) is 0 Å². The van der Waals surface area contributed by atoms with Gasteiger partial charge in [-0.3, -0.25) is 0 Å². The van der Waals surface area contributed by atoms with Crippen molar-refractivity contribution in [3.8, 4) is 0 Å². The summed E-state index contributed by atoms with van der Waals surface area (Å²) in [6.07, 6.45) is -11.6. The van der Waals surface area contributed by atoms with Crippen LogP contribution in [-0.2, 0) is 28.5 Å². The third kappa shape index (κ3) is 3.94. The first kappa shape index (κ1) is 20.4. The lowest BCUT2D eigenvalue weighted by atomic mass is 9.96. The average Bonchev–Trinajstić information content (AvgIpc) is 2.60. The lowest BCUT2D eigenvalue weighted by Gasteiger charge is -2.44. The number of hydrogen-bond donors (Lipinski definition) is 5. The molecule has 0 aromatic carbocycles. The summed E-state index contributed by atoms with van der Waals surface area (Å²) in [5, 5.41) is 40.2. The van der Waals surface area contributed by atoms with Gasteiger partial charge in [0.1, 0.15) is 30.5 Å². The molecule has 0 radical (unpaired) electrons. The van der Waals surface area contributed by atoms with Crippen LogP contribution in [0.3, 0.4) is 0 Å². The molecule has 25 heavy (non-hydrogen) atoms. The molecule has 2 saturated heterocycles. The fourth-order valence-electron chi connectivity index (χ4n) is 2.92. The second kappa shape index (κ2) is 8.20. The highest BCUT2D eigenvalue weighted by Crippen LogP contribution is 2.28. The van der Waals surface area contributed by atoms with Crippen LogP contribution in [0.2, 0.25) is 0 Å². The smallest absolute Gasteiger partial charge is 0.337 e. The fraction of sp³-hybridized carbons (Fsp3) is 0.929. The third-order valence-electron chi connectivity index (χ3n) is 4.46. The largest absolute Gasteiger partial charge is 0.467 e. The van der Waals surface area contributed by atoms with Gasteiger partial charge in [-0.25, -0.2) is 4.79 Å². The van der Waals surface area contributed by atoms with Crippen molar-refractivity contribution in [2.24, 2.45) is 0 Å². The number of esters is 1. The Morgan fingerprint density at radius 3 is 2.16 bits per heavy atom. The average molecular weight is 368 g/mol. The number of hydrogen-bond acceptors (Lipinski definition) is 10. The minimum Gasteiger partial charge on any atom is -0.467 e. The maximum atomic E-state index is 11.7. The highest BCUT2D eigenvalue weighted by atomic mass is 16.7. The van der Waals surface area contributed by atoms with E-state index in [1.807, 2.05) is 0 Å². The summed E-state index contributed by atoms with van der Waals surface area (Å²) >= 11 is 0. The van der Waals surface area contributed by atoms with Gasteiger partial charge in [0, 0.05) is 7.11 Å². The molecule has 0 aromatic rings. The van der Waals surface area contributed by atoms with Crippen LogP contribution in [0.5, 0.6) is 0 Å². The van der Waals surface area contributed by atoms with Crippen LogP contribution in [-0.4, -0.2) is 102 Å². The Hall–Kier alpha value is -0.890. The molecular formula is C14H26NO10+. The zero-order chi connectivity index (χ0) is 18.9. The lowest BCUT2D eigenvalue weighted by molar-refractivity contribution is -0.502. The lowest BCUT2D eigenvalue weighted by Crippen LogP contribution is -2.78. The van der Waals surface area contributed by atoms with E-state index in [-0.39, 0.29) is 0 Å². The minimum absolute atomic E-state index is 0.658. The Bertz CT molecular complexity index is 465. The summed E-state index contributed by atoms with van der Waals surface area (Å²) in [6, 6.07) is -0.682. The predicted octanol–water partition coefficient (Wildman–Crippen LogP) is -4.29. The van der Waals surface area contributed by atoms with Crippen LogP contribution in [0, 0.1) is 0 Å². The standard InChI is InChI=1S/C14H25NO10/c1-4-10(6(16)5(15)13(22-3)23-4)24-14-9(19)7(17)8(18)11(25-14)12(20)21-2/h4-11,13-14,16-19H,15H2,1-3H3/p+1. The molecule has 10 atom stereocenters. The van der Waals surface area contributed by atoms with E-state index >= 15 is 0 Å². The Balaban J connectivity index is 2.13. The van der Waals surface area contributed by atoms with Gasteiger partial charge in [0.2, 0.25) is 6.29 Å². The summed E-state index contributed by atoms with van der Waals surface area (Å²) < 4.78 is 25.9. The van der Waals surface area contributed by atoms with Gasteiger partial charge < -0.3 is 49.8 Å². The molecule has 0 amide bonds. The van der Waals surface area contributed by atoms with Gasteiger partial charge in [-0.1, -0.05) is 0 Å². The predicted molar refractivity (Wildman–Crippen MR) is 77.6 cm³/mol. The number of carbonyl (C=O) groups excluding carboxylic acids is 1. The number of methoxy groups -OCH3 is 2. The SMILES string of the molecule is COC(=O)C1OC(OC2C(C)OC(OC)C([NH3+])C2O)C(O)C(O)C1O. The van der Waals surface area contributed by atoms with E-state index in [9.17, 15) is 25.2 Å². The van der Waals surface area contributed by atoms with E-state index in [1.54, 1.807) is 6.92 Å². The van der Waals surface area contributed by atoms with Crippen LogP contribution in [0.1, 0.15) is 6.92 Å². The van der Waals surface area contributed by atoms with Gasteiger partial charge in [0.15, 0.2) is 18.4 Å². The van der Waals surface area contributed by atoms with Gasteiger partial charge in [-0.15, -0.1) is 0 Å². The summed E-state index contributed by atoms with van der Waals surface area (Å²) in [6.45, 7) is 1.62. The van der Waals surface area contributed by atoms with Gasteiger partial charge in [-0.05, 0) is 6.92 Å². The second-order valence-electron chi connectivity index (χ2n) is 6.12. The topological polar surface area (TPSA) is 172 Å². The number of aliphatic hydroxyl groups is 4. The normalized spacial score (nSPS) is 48.2. The van der Waals surface area contributed by atoms with E-state index in [2.05, 4.69) is 10.5 Å². The third-order valence-corrected chi connectivity index (χ3v) is 4.46. The van der Waals surface area contributed by atoms with Crippen molar-refractivity contribution in [2.75, 3.05) is 14.2 Å². The van der Waals surface area contributed by atoms with Crippen LogP contribution >= 0.6 is 0 Å². The maximum absolute atomic E-state index is 11.7. The number of aliphatic hydroxyl groups excluding tert-OH is 4. The molecule has 2 fully saturated rings. The first-order valence-corrected chi connectivity index (χ1v) is 7.85. The van der Waals surface area contributed by atoms with Crippen LogP contribution < -0.4 is 5.73 Å². The molecule has 7 N–H and O–H groups in total. The minimum atomic E-state index is -1.71. The highest BCUT2D eigenvalue weighted by molar-refractivity contribution is 5.75. The van der Waals surface area contributed by atoms with Crippen molar-refractivity contribution in [1.29, 1.82) is 0 Å². The summed E-state index contributed by atoms with van der Waals surface area (Å²) in [5.41, 5.74) is 3.76. The fourth-order valence-corrected chi connectivity index (χ4v) is 2.92. The second-order valence-corrected chi connectivity index (χ2v) is 6.12. The Kier molecular flexibility index (Phi) is 6.70. The summed E-state index contributed by atoms with van der Waals surface area (Å²) in [7, 11) is 2.50. The van der Waals surface area contributed by atoms with Gasteiger partial charge in [-0.2, -0.15) is 0 Å². The molecule has 10 unspecified atom stereocenters. The van der Waals surface area contributed by atoms with Crippen molar-refractivity contribution >= 4 is 5.97 Å². The molecule has 2 aliphatic heterocycles. The monoisotopic (exact) mass is 368 g/mol. The van der Waals surface area contributed by atoms with E-state index < -0.39 is 67.3 Å². The molecular weight excluding hydrogens is 342 g/mol. The molecule has 0 bridgehead atoms. The molecule has 11 nitrogen and oxygen atoms in total. The molecule has 0 spiro atoms. The molecule has 11 heteroatoms. The Morgan fingerprint density at radius 1 is 0.960 bits per heavy atom. The highest BCUT2D eigenvalue weighted by Gasteiger charge is 2.52. The van der Waals surface area contributed by atoms with E-state index in [0.29, 0.717) is 0 Å². The van der Waals surface area contributed by atoms with Gasteiger partial charge in [0.05, 0.1) is 13.2 Å². The Morgan fingerprint density at radius 2 is 1.60 bits per heavy atom. The maximum Gasteiger partial charge on any atom is 0.337 e. The molecule has 146 valence electrons. The molecule has 2 rings (SSSR count). The summed E-state index contributed by atoms with van der Waals surface area (Å²) in [4.78, 5) is 11.7. The zero-order valence-corrected chi connectivity index (χ0v) is 14.2. The van der Waals surface area contributed by atoms with Crippen LogP contribution in [0.4, 0.5) is 0 Å². The number of carbonyl (C=O) groups is 1. The molecule has 0 aromatic heterocycles. The van der Waals surface area contributed by atoms with Crippen molar-refractivity contribution in [2.45, 2.75) is 68.3 Å². The van der Waals surface area contributed by atoms with Crippen molar-refractivity contribution < 1.29 is 54.6 Å². The van der Waals surface area contributed by atoms with Crippen molar-refractivity contribution in [1.82, 2.24) is 0 Å². The van der Waals surface area contributed by atoms with E-state index in [0.717, 1.165) is 7.11 Å². The van der Waals surface area contributed by atoms with E-state index in [4.69, 9.17) is 18.9 Å². The van der Waals surface area contributed by atoms with Crippen LogP contribution in [0.25, 0.3) is 0 Å². The first-order chi connectivity index (χ1) is 11.7. The molecule has 2 heterocycles. The number of ether oxygens (including phenoxy) is 5. The van der Waals surface area contributed by atoms with Gasteiger partial charge >= 0.3 is 5.97 Å². The molecule has 2 aliphatic rings. The van der Waals surface area contributed by atoms with Crippen LogP contribution in [0.15, 0.2) is 0 Å². The van der Waals surface area contributed by atoms with Crippen molar-refractivity contribution in [3.05, 3.63) is 0 Å². The zero-order valence-electron chi connectivity index (χ0n) is 14.2. The number of rotatable bonds is 4. The first-order valence-electron chi connectivity index (χ1n) is 7.85. The summed E-state index contributed by atoms with van der Waals surface area (Å²) in [5.74, 6) is -0.935.